The summed E-state index contributed by atoms with van der Waals surface area (Å²) in [5.41, 5.74) is 6.75. The van der Waals surface area contributed by atoms with E-state index in [0.717, 1.165) is 17.1 Å². The SMILES string of the molecule is Cc1cc(N)cc(S(=O)(=O)Nc2nnns2)c1. The minimum Gasteiger partial charge on any atom is -0.399 e. The number of nitrogens with one attached hydrogen (secondary N) is 1. The Bertz CT molecular complexity index is 603. The Balaban J connectivity index is 2.38. The molecule has 0 bridgehead atoms. The summed E-state index contributed by atoms with van der Waals surface area (Å²) in [6.07, 6.45) is 0. The first kappa shape index (κ1) is 11.7. The predicted molar refractivity (Wildman–Crippen MR) is 64.1 cm³/mol. The maximum absolute atomic E-state index is 11.9. The largest absolute Gasteiger partial charge is 0.399 e. The normalized spacial score (nSPS) is 11.4. The van der Waals surface area contributed by atoms with Gasteiger partial charge in [-0.2, -0.15) is 0 Å². The van der Waals surface area contributed by atoms with Gasteiger partial charge in [0.25, 0.3) is 10.0 Å². The fraction of sp³-hybridized carbons (Fsp3) is 0.125. The molecule has 0 fully saturated rings. The van der Waals surface area contributed by atoms with Gasteiger partial charge in [0.1, 0.15) is 0 Å². The third-order valence-corrected chi connectivity index (χ3v) is 3.86. The van der Waals surface area contributed by atoms with Crippen LogP contribution in [0.3, 0.4) is 0 Å². The molecule has 90 valence electrons. The second-order valence-electron chi connectivity index (χ2n) is 3.35. The first-order chi connectivity index (χ1) is 7.97. The van der Waals surface area contributed by atoms with Crippen LogP contribution in [0.1, 0.15) is 5.56 Å². The molecule has 1 aromatic heterocycles. The average Bonchev–Trinajstić information content (AvgIpc) is 2.68. The maximum Gasteiger partial charge on any atom is 0.263 e. The number of nitrogens with two attached hydrogens (primary N) is 1. The van der Waals surface area contributed by atoms with E-state index in [1.807, 2.05) is 0 Å². The predicted octanol–water partition coefficient (Wildman–Crippen LogP) is 0.625. The molecule has 1 heterocycles. The highest BCUT2D eigenvalue weighted by Gasteiger charge is 2.16. The van der Waals surface area contributed by atoms with Crippen LogP contribution in [0.15, 0.2) is 23.1 Å². The quantitative estimate of drug-likeness (QED) is 0.792. The lowest BCUT2D eigenvalue weighted by Crippen LogP contribution is -2.13. The number of hydrogen-bond donors (Lipinski definition) is 2. The minimum absolute atomic E-state index is 0.0881. The van der Waals surface area contributed by atoms with Gasteiger partial charge in [-0.25, -0.2) is 8.42 Å². The number of hydrogen-bond acceptors (Lipinski definition) is 7. The van der Waals surface area contributed by atoms with Gasteiger partial charge < -0.3 is 5.73 Å². The monoisotopic (exact) mass is 271 g/mol. The number of aromatic nitrogens is 3. The van der Waals surface area contributed by atoms with E-state index in [0.29, 0.717) is 5.69 Å². The van der Waals surface area contributed by atoms with Crippen LogP contribution in [0.4, 0.5) is 10.8 Å². The van der Waals surface area contributed by atoms with Crippen molar-refractivity contribution in [1.82, 2.24) is 14.8 Å². The molecule has 0 radical (unpaired) electrons. The summed E-state index contributed by atoms with van der Waals surface area (Å²) in [4.78, 5) is 0.0881. The molecule has 0 unspecified atom stereocenters. The summed E-state index contributed by atoms with van der Waals surface area (Å²) >= 11 is 0.859. The Kier molecular flexibility index (Phi) is 2.94. The van der Waals surface area contributed by atoms with Crippen molar-refractivity contribution >= 4 is 32.4 Å². The van der Waals surface area contributed by atoms with E-state index < -0.39 is 10.0 Å². The zero-order chi connectivity index (χ0) is 12.5. The highest BCUT2D eigenvalue weighted by molar-refractivity contribution is 7.93. The number of rotatable bonds is 3. The Labute approximate surface area is 102 Å². The lowest BCUT2D eigenvalue weighted by Gasteiger charge is -2.06. The fourth-order valence-electron chi connectivity index (χ4n) is 1.28. The molecular formula is C8H9N5O2S2. The third-order valence-electron chi connectivity index (χ3n) is 1.90. The second-order valence-corrected chi connectivity index (χ2v) is 5.77. The molecule has 2 aromatic rings. The molecule has 0 saturated heterocycles. The number of sulfonamides is 1. The standard InChI is InChI=1S/C8H9N5O2S2/c1-5-2-6(9)4-7(3-5)17(14,15)11-8-10-12-13-16-8/h2-4H,9H2,1H3,(H,10,11,13). The molecule has 7 nitrogen and oxygen atoms in total. The molecule has 17 heavy (non-hydrogen) atoms. The molecule has 3 N–H and O–H groups in total. The fourth-order valence-corrected chi connectivity index (χ4v) is 3.00. The van der Waals surface area contributed by atoms with Crippen molar-refractivity contribution in [3.05, 3.63) is 23.8 Å². The van der Waals surface area contributed by atoms with Crippen LogP contribution in [0.2, 0.25) is 0 Å². The molecule has 0 spiro atoms. The van der Waals surface area contributed by atoms with Crippen molar-refractivity contribution in [3.8, 4) is 0 Å². The summed E-state index contributed by atoms with van der Waals surface area (Å²) in [6.45, 7) is 1.77. The van der Waals surface area contributed by atoms with Crippen LogP contribution in [-0.4, -0.2) is 23.2 Å². The van der Waals surface area contributed by atoms with Crippen molar-refractivity contribution in [1.29, 1.82) is 0 Å². The van der Waals surface area contributed by atoms with Crippen LogP contribution in [-0.2, 0) is 10.0 Å². The zero-order valence-corrected chi connectivity index (χ0v) is 10.4. The van der Waals surface area contributed by atoms with Crippen molar-refractivity contribution in [2.45, 2.75) is 11.8 Å². The molecule has 2 rings (SSSR count). The first-order valence-electron chi connectivity index (χ1n) is 4.52. The van der Waals surface area contributed by atoms with E-state index in [-0.39, 0.29) is 10.0 Å². The van der Waals surface area contributed by atoms with Crippen molar-refractivity contribution in [3.63, 3.8) is 0 Å². The molecule has 0 aliphatic carbocycles. The number of nitrogen functional groups attached to an aromatic ring is 1. The van der Waals surface area contributed by atoms with E-state index in [1.165, 1.54) is 12.1 Å². The van der Waals surface area contributed by atoms with Crippen molar-refractivity contribution in [2.24, 2.45) is 0 Å². The van der Waals surface area contributed by atoms with Gasteiger partial charge in [-0.3, -0.25) is 4.72 Å². The van der Waals surface area contributed by atoms with E-state index in [4.69, 9.17) is 5.73 Å². The van der Waals surface area contributed by atoms with E-state index in [9.17, 15) is 8.42 Å². The number of aryl methyl sites for hydroxylation is 1. The lowest BCUT2D eigenvalue weighted by molar-refractivity contribution is 0.601. The third kappa shape index (κ3) is 2.68. The van der Waals surface area contributed by atoms with Gasteiger partial charge in [0.15, 0.2) is 0 Å². The highest BCUT2D eigenvalue weighted by atomic mass is 32.2. The maximum atomic E-state index is 11.9. The molecule has 0 aliphatic rings. The topological polar surface area (TPSA) is 111 Å². The smallest absolute Gasteiger partial charge is 0.263 e. The summed E-state index contributed by atoms with van der Waals surface area (Å²) < 4.78 is 29.6. The van der Waals surface area contributed by atoms with Gasteiger partial charge >= 0.3 is 0 Å². The second kappa shape index (κ2) is 4.26. The van der Waals surface area contributed by atoms with Crippen LogP contribution in [0, 0.1) is 6.92 Å². The molecule has 0 atom stereocenters. The Morgan fingerprint density at radius 3 is 2.71 bits per heavy atom. The van der Waals surface area contributed by atoms with Gasteiger partial charge in [-0.1, -0.05) is 9.59 Å². The molecule has 0 aliphatic heterocycles. The zero-order valence-electron chi connectivity index (χ0n) is 8.78. The van der Waals surface area contributed by atoms with Crippen molar-refractivity contribution < 1.29 is 8.42 Å². The van der Waals surface area contributed by atoms with E-state index >= 15 is 0 Å². The number of anilines is 2. The molecule has 0 saturated carbocycles. The van der Waals surface area contributed by atoms with Gasteiger partial charge in [0.05, 0.1) is 4.90 Å². The van der Waals surface area contributed by atoms with Gasteiger partial charge in [0, 0.05) is 17.2 Å². The van der Waals surface area contributed by atoms with Gasteiger partial charge in [-0.15, -0.1) is 0 Å². The van der Waals surface area contributed by atoms with E-state index in [1.54, 1.807) is 13.0 Å². The summed E-state index contributed by atoms with van der Waals surface area (Å²) in [5.74, 6) is 0. The minimum atomic E-state index is -3.69. The number of benzene rings is 1. The lowest BCUT2D eigenvalue weighted by atomic mass is 10.2. The molecular weight excluding hydrogens is 262 g/mol. The Hall–Kier alpha value is -1.74. The van der Waals surface area contributed by atoms with Gasteiger partial charge in [0.2, 0.25) is 5.13 Å². The van der Waals surface area contributed by atoms with Crippen LogP contribution >= 0.6 is 11.5 Å². The van der Waals surface area contributed by atoms with E-state index in [2.05, 4.69) is 19.5 Å². The van der Waals surface area contributed by atoms with Crippen LogP contribution in [0.25, 0.3) is 0 Å². The molecule has 0 amide bonds. The number of nitrogens with zero attached hydrogens (tertiary/aromatic N) is 3. The average molecular weight is 271 g/mol. The summed E-state index contributed by atoms with van der Waals surface area (Å²) in [5, 5.41) is 6.93. The van der Waals surface area contributed by atoms with Crippen LogP contribution in [0.5, 0.6) is 0 Å². The summed E-state index contributed by atoms with van der Waals surface area (Å²) in [7, 11) is -3.69. The van der Waals surface area contributed by atoms with Crippen molar-refractivity contribution in [2.75, 3.05) is 10.5 Å². The van der Waals surface area contributed by atoms with Gasteiger partial charge in [-0.05, 0) is 35.9 Å². The molecule has 1 aromatic carbocycles. The Morgan fingerprint density at radius 1 is 1.35 bits per heavy atom. The summed E-state index contributed by atoms with van der Waals surface area (Å²) in [6, 6.07) is 4.59. The molecule has 9 heteroatoms. The first-order valence-corrected chi connectivity index (χ1v) is 6.78. The Morgan fingerprint density at radius 2 is 2.12 bits per heavy atom. The highest BCUT2D eigenvalue weighted by Crippen LogP contribution is 2.19. The van der Waals surface area contributed by atoms with Crippen LogP contribution < -0.4 is 10.5 Å².